The first kappa shape index (κ1) is 27.9. The van der Waals surface area contributed by atoms with Crippen LogP contribution in [-0.4, -0.2) is 69.9 Å². The van der Waals surface area contributed by atoms with Crippen molar-refractivity contribution >= 4 is 23.8 Å². The third kappa shape index (κ3) is 14.8. The summed E-state index contributed by atoms with van der Waals surface area (Å²) < 4.78 is 0. The molecule has 30 heavy (non-hydrogen) atoms. The Balaban J connectivity index is 4.77. The van der Waals surface area contributed by atoms with Gasteiger partial charge < -0.3 is 20.0 Å². The standard InChI is InChI=1S/C22H40N2O6/c1-17(2)9-5-7-11-19(25)23(15-21(27)28)13-14-24(16-22(29)30)20(26)12-8-6-10-18(3)4/h17-18H,5-16H2,1-4H3,(H,27,28)(H,29,30). The second-order valence-corrected chi connectivity index (χ2v) is 8.70. The van der Waals surface area contributed by atoms with Gasteiger partial charge in [0.2, 0.25) is 11.8 Å². The van der Waals surface area contributed by atoms with Crippen LogP contribution in [0.2, 0.25) is 0 Å². The average Bonchev–Trinajstić information content (AvgIpc) is 2.63. The molecule has 0 aromatic carbocycles. The van der Waals surface area contributed by atoms with Crippen LogP contribution in [0.1, 0.15) is 79.1 Å². The van der Waals surface area contributed by atoms with Gasteiger partial charge in [0.25, 0.3) is 0 Å². The second-order valence-electron chi connectivity index (χ2n) is 8.70. The van der Waals surface area contributed by atoms with E-state index in [1.54, 1.807) is 0 Å². The monoisotopic (exact) mass is 428 g/mol. The molecule has 0 fully saturated rings. The van der Waals surface area contributed by atoms with Crippen molar-refractivity contribution in [2.24, 2.45) is 11.8 Å². The Bertz CT molecular complexity index is 500. The number of carbonyl (C=O) groups is 4. The molecule has 174 valence electrons. The summed E-state index contributed by atoms with van der Waals surface area (Å²) in [5.74, 6) is -1.72. The van der Waals surface area contributed by atoms with Crippen LogP contribution < -0.4 is 0 Å². The molecule has 0 aromatic heterocycles. The van der Waals surface area contributed by atoms with Crippen molar-refractivity contribution in [3.63, 3.8) is 0 Å². The lowest BCUT2D eigenvalue weighted by molar-refractivity contribution is -0.147. The number of nitrogens with zero attached hydrogens (tertiary/aromatic N) is 2. The largest absolute Gasteiger partial charge is 0.480 e. The Morgan fingerprint density at radius 3 is 1.23 bits per heavy atom. The number of rotatable bonds is 17. The van der Waals surface area contributed by atoms with Gasteiger partial charge in [0, 0.05) is 25.9 Å². The maximum Gasteiger partial charge on any atom is 0.323 e. The molecule has 2 N–H and O–H groups in total. The molecule has 8 nitrogen and oxygen atoms in total. The summed E-state index contributed by atoms with van der Waals surface area (Å²) in [6.07, 6.45) is 5.66. The van der Waals surface area contributed by atoms with Gasteiger partial charge in [0.05, 0.1) is 0 Å². The SMILES string of the molecule is CC(C)CCCCC(=O)N(CCN(CC(=O)O)C(=O)CCCCC(C)C)CC(=O)O. The number of carbonyl (C=O) groups excluding carboxylic acids is 2. The number of carboxylic acid groups (broad SMARTS) is 2. The second kappa shape index (κ2) is 15.7. The molecule has 0 aliphatic carbocycles. The van der Waals surface area contributed by atoms with Crippen molar-refractivity contribution in [2.45, 2.75) is 79.1 Å². The van der Waals surface area contributed by atoms with E-state index in [2.05, 4.69) is 27.7 Å². The summed E-state index contributed by atoms with van der Waals surface area (Å²) in [5, 5.41) is 18.2. The molecule has 0 radical (unpaired) electrons. The first-order chi connectivity index (χ1) is 14.0. The molecule has 0 spiro atoms. The van der Waals surface area contributed by atoms with Crippen LogP contribution in [0.5, 0.6) is 0 Å². The van der Waals surface area contributed by atoms with E-state index >= 15 is 0 Å². The zero-order valence-corrected chi connectivity index (χ0v) is 19.1. The zero-order valence-electron chi connectivity index (χ0n) is 19.1. The highest BCUT2D eigenvalue weighted by molar-refractivity contribution is 5.82. The van der Waals surface area contributed by atoms with E-state index in [4.69, 9.17) is 10.2 Å². The minimum atomic E-state index is -1.13. The molecule has 0 saturated carbocycles. The van der Waals surface area contributed by atoms with Gasteiger partial charge in [-0.2, -0.15) is 0 Å². The molecular weight excluding hydrogens is 388 g/mol. The van der Waals surface area contributed by atoms with E-state index in [1.165, 1.54) is 9.80 Å². The van der Waals surface area contributed by atoms with E-state index < -0.39 is 25.0 Å². The van der Waals surface area contributed by atoms with Gasteiger partial charge in [0.15, 0.2) is 0 Å². The van der Waals surface area contributed by atoms with Gasteiger partial charge in [0.1, 0.15) is 13.1 Å². The summed E-state index contributed by atoms with van der Waals surface area (Å²) in [4.78, 5) is 49.6. The van der Waals surface area contributed by atoms with Crippen LogP contribution in [-0.2, 0) is 19.2 Å². The summed E-state index contributed by atoms with van der Waals surface area (Å²) in [6.45, 7) is 7.55. The topological polar surface area (TPSA) is 115 Å². The summed E-state index contributed by atoms with van der Waals surface area (Å²) >= 11 is 0. The lowest BCUT2D eigenvalue weighted by atomic mass is 10.0. The molecule has 0 saturated heterocycles. The first-order valence-electron chi connectivity index (χ1n) is 11.0. The van der Waals surface area contributed by atoms with Gasteiger partial charge in [-0.05, 0) is 24.7 Å². The Morgan fingerprint density at radius 1 is 0.633 bits per heavy atom. The molecule has 0 aromatic rings. The highest BCUT2D eigenvalue weighted by Crippen LogP contribution is 2.11. The summed E-state index contributed by atoms with van der Waals surface area (Å²) in [6, 6.07) is 0. The fraction of sp³-hybridized carbons (Fsp3) is 0.818. The predicted octanol–water partition coefficient (Wildman–Crippen LogP) is 3.25. The maximum absolute atomic E-state index is 12.4. The van der Waals surface area contributed by atoms with Crippen LogP contribution >= 0.6 is 0 Å². The number of hydrogen-bond donors (Lipinski definition) is 2. The zero-order chi connectivity index (χ0) is 23.1. The summed E-state index contributed by atoms with van der Waals surface area (Å²) in [7, 11) is 0. The maximum atomic E-state index is 12.4. The molecule has 0 heterocycles. The number of hydrogen-bond acceptors (Lipinski definition) is 4. The highest BCUT2D eigenvalue weighted by Gasteiger charge is 2.21. The van der Waals surface area contributed by atoms with Crippen molar-refractivity contribution in [1.82, 2.24) is 9.80 Å². The third-order valence-electron chi connectivity index (χ3n) is 4.84. The lowest BCUT2D eigenvalue weighted by Gasteiger charge is -2.26. The third-order valence-corrected chi connectivity index (χ3v) is 4.84. The molecule has 0 atom stereocenters. The van der Waals surface area contributed by atoms with Gasteiger partial charge in [-0.15, -0.1) is 0 Å². The molecule has 0 bridgehead atoms. The predicted molar refractivity (Wildman–Crippen MR) is 115 cm³/mol. The number of aliphatic carboxylic acids is 2. The number of carboxylic acids is 2. The normalized spacial score (nSPS) is 11.0. The molecule has 0 aliphatic rings. The quantitative estimate of drug-likeness (QED) is 0.344. The molecule has 0 unspecified atom stereocenters. The Hall–Kier alpha value is -2.12. The fourth-order valence-corrected chi connectivity index (χ4v) is 3.13. The van der Waals surface area contributed by atoms with Crippen molar-refractivity contribution < 1.29 is 29.4 Å². The fourth-order valence-electron chi connectivity index (χ4n) is 3.13. The van der Waals surface area contributed by atoms with Crippen molar-refractivity contribution in [3.05, 3.63) is 0 Å². The van der Waals surface area contributed by atoms with Crippen molar-refractivity contribution in [1.29, 1.82) is 0 Å². The van der Waals surface area contributed by atoms with E-state index in [9.17, 15) is 19.2 Å². The molecular formula is C22H40N2O6. The van der Waals surface area contributed by atoms with Gasteiger partial charge in [-0.25, -0.2) is 0 Å². The molecule has 0 rings (SSSR count). The van der Waals surface area contributed by atoms with E-state index in [0.717, 1.165) is 25.7 Å². The van der Waals surface area contributed by atoms with Crippen LogP contribution in [0.4, 0.5) is 0 Å². The van der Waals surface area contributed by atoms with E-state index in [-0.39, 0.29) is 37.7 Å². The van der Waals surface area contributed by atoms with Crippen LogP contribution in [0.3, 0.4) is 0 Å². The summed E-state index contributed by atoms with van der Waals surface area (Å²) in [5.41, 5.74) is 0. The number of amides is 2. The van der Waals surface area contributed by atoms with Crippen LogP contribution in [0.25, 0.3) is 0 Å². The van der Waals surface area contributed by atoms with Gasteiger partial charge in [-0.3, -0.25) is 19.2 Å². The van der Waals surface area contributed by atoms with Gasteiger partial charge in [-0.1, -0.05) is 53.4 Å². The average molecular weight is 429 g/mol. The minimum Gasteiger partial charge on any atom is -0.480 e. The Kier molecular flexibility index (Phi) is 14.6. The highest BCUT2D eigenvalue weighted by atomic mass is 16.4. The van der Waals surface area contributed by atoms with Crippen molar-refractivity contribution in [2.75, 3.05) is 26.2 Å². The van der Waals surface area contributed by atoms with Crippen LogP contribution in [0, 0.1) is 11.8 Å². The lowest BCUT2D eigenvalue weighted by Crippen LogP contribution is -2.44. The van der Waals surface area contributed by atoms with E-state index in [0.29, 0.717) is 24.7 Å². The molecule has 0 aliphatic heterocycles. The Labute approximate surface area is 180 Å². The first-order valence-corrected chi connectivity index (χ1v) is 11.0. The number of unbranched alkanes of at least 4 members (excludes halogenated alkanes) is 2. The minimum absolute atomic E-state index is 0.0142. The Morgan fingerprint density at radius 2 is 0.967 bits per heavy atom. The molecule has 8 heteroatoms. The van der Waals surface area contributed by atoms with Gasteiger partial charge >= 0.3 is 11.9 Å². The smallest absolute Gasteiger partial charge is 0.323 e. The van der Waals surface area contributed by atoms with E-state index in [1.807, 2.05) is 0 Å². The molecule has 2 amide bonds. The van der Waals surface area contributed by atoms with Crippen molar-refractivity contribution in [3.8, 4) is 0 Å². The van der Waals surface area contributed by atoms with Crippen LogP contribution in [0.15, 0.2) is 0 Å².